The zero-order chi connectivity index (χ0) is 10.9. The van der Waals surface area contributed by atoms with E-state index in [1.54, 1.807) is 6.26 Å². The molecule has 1 rings (SSSR count). The number of furan rings is 1. The minimum atomic E-state index is 0.913. The van der Waals surface area contributed by atoms with Crippen LogP contribution in [-0.4, -0.2) is 19.6 Å². The molecule has 3 heteroatoms. The monoisotopic (exact) mass is 210 g/mol. The molecule has 2 N–H and O–H groups in total. The van der Waals surface area contributed by atoms with Gasteiger partial charge in [-0.3, -0.25) is 0 Å². The topological polar surface area (TPSA) is 37.2 Å². The second-order valence-corrected chi connectivity index (χ2v) is 3.78. The van der Waals surface area contributed by atoms with Crippen LogP contribution >= 0.6 is 0 Å². The molecule has 1 heterocycles. The van der Waals surface area contributed by atoms with Crippen molar-refractivity contribution in [2.75, 3.05) is 19.6 Å². The molecule has 0 aliphatic rings. The van der Waals surface area contributed by atoms with E-state index in [-0.39, 0.29) is 0 Å². The van der Waals surface area contributed by atoms with E-state index < -0.39 is 0 Å². The fraction of sp³-hybridized carbons (Fsp3) is 0.667. The van der Waals surface area contributed by atoms with E-state index >= 15 is 0 Å². The summed E-state index contributed by atoms with van der Waals surface area (Å²) in [6.07, 6.45) is 4.13. The zero-order valence-corrected chi connectivity index (χ0v) is 9.81. The molecule has 0 saturated carbocycles. The summed E-state index contributed by atoms with van der Waals surface area (Å²) in [6.45, 7) is 8.39. The first-order valence-corrected chi connectivity index (χ1v) is 5.79. The number of aryl methyl sites for hydroxylation is 1. The molecule has 15 heavy (non-hydrogen) atoms. The van der Waals surface area contributed by atoms with Gasteiger partial charge in [-0.25, -0.2) is 0 Å². The summed E-state index contributed by atoms with van der Waals surface area (Å²) in [5, 5.41) is 6.79. The van der Waals surface area contributed by atoms with E-state index in [0.717, 1.165) is 31.9 Å². The minimum Gasteiger partial charge on any atom is -0.469 e. The van der Waals surface area contributed by atoms with Crippen LogP contribution < -0.4 is 10.6 Å². The summed E-state index contributed by atoms with van der Waals surface area (Å²) in [6, 6.07) is 2.03. The summed E-state index contributed by atoms with van der Waals surface area (Å²) in [5.74, 6) is 1.02. The van der Waals surface area contributed by atoms with E-state index in [0.29, 0.717) is 0 Å². The average Bonchev–Trinajstić information content (AvgIpc) is 2.63. The van der Waals surface area contributed by atoms with Gasteiger partial charge in [0, 0.05) is 12.1 Å². The lowest BCUT2D eigenvalue weighted by molar-refractivity contribution is 0.524. The van der Waals surface area contributed by atoms with Gasteiger partial charge in [-0.1, -0.05) is 6.92 Å². The van der Waals surface area contributed by atoms with Gasteiger partial charge in [-0.2, -0.15) is 0 Å². The summed E-state index contributed by atoms with van der Waals surface area (Å²) >= 11 is 0. The Kier molecular flexibility index (Phi) is 6.12. The maximum absolute atomic E-state index is 5.22. The van der Waals surface area contributed by atoms with E-state index in [1.807, 2.05) is 13.0 Å². The van der Waals surface area contributed by atoms with Crippen LogP contribution in [0.5, 0.6) is 0 Å². The Hall–Kier alpha value is -0.800. The number of hydrogen-bond donors (Lipinski definition) is 2. The van der Waals surface area contributed by atoms with E-state index in [9.17, 15) is 0 Å². The number of nitrogens with one attached hydrogen (secondary N) is 2. The summed E-state index contributed by atoms with van der Waals surface area (Å²) in [7, 11) is 0. The van der Waals surface area contributed by atoms with Gasteiger partial charge in [0.1, 0.15) is 5.76 Å². The molecule has 0 amide bonds. The molecule has 0 aliphatic carbocycles. The Labute approximate surface area is 92.2 Å². The third-order valence-electron chi connectivity index (χ3n) is 2.42. The molecule has 0 unspecified atom stereocenters. The fourth-order valence-electron chi connectivity index (χ4n) is 1.46. The maximum atomic E-state index is 5.22. The molecule has 0 bridgehead atoms. The van der Waals surface area contributed by atoms with Gasteiger partial charge in [0.25, 0.3) is 0 Å². The maximum Gasteiger partial charge on any atom is 0.105 e. The van der Waals surface area contributed by atoms with Crippen LogP contribution in [0, 0.1) is 6.92 Å². The SMILES string of the molecule is CCCNCCCNCc1ccoc1C. The Morgan fingerprint density at radius 2 is 2.00 bits per heavy atom. The molecule has 0 spiro atoms. The standard InChI is InChI=1S/C12H22N2O/c1-3-6-13-7-4-8-14-10-12-5-9-15-11(12)2/h5,9,13-14H,3-4,6-8,10H2,1-2H3. The molecule has 3 nitrogen and oxygen atoms in total. The van der Waals surface area contributed by atoms with E-state index in [2.05, 4.69) is 17.6 Å². The van der Waals surface area contributed by atoms with Crippen molar-refractivity contribution in [3.05, 3.63) is 23.7 Å². The van der Waals surface area contributed by atoms with Crippen molar-refractivity contribution in [3.8, 4) is 0 Å². The molecule has 1 aromatic rings. The second kappa shape index (κ2) is 7.49. The summed E-state index contributed by atoms with van der Waals surface area (Å²) < 4.78 is 5.22. The highest BCUT2D eigenvalue weighted by Crippen LogP contribution is 2.07. The van der Waals surface area contributed by atoms with Gasteiger partial charge >= 0.3 is 0 Å². The molecule has 0 aliphatic heterocycles. The summed E-state index contributed by atoms with van der Waals surface area (Å²) in [4.78, 5) is 0. The lowest BCUT2D eigenvalue weighted by atomic mass is 10.2. The normalized spacial score (nSPS) is 10.8. The van der Waals surface area contributed by atoms with Crippen molar-refractivity contribution >= 4 is 0 Å². The Balaban J connectivity index is 1.96. The third kappa shape index (κ3) is 5.00. The van der Waals surface area contributed by atoms with Crippen molar-refractivity contribution < 1.29 is 4.42 Å². The van der Waals surface area contributed by atoms with Gasteiger partial charge in [-0.15, -0.1) is 0 Å². The van der Waals surface area contributed by atoms with Crippen molar-refractivity contribution in [2.24, 2.45) is 0 Å². The Morgan fingerprint density at radius 1 is 1.20 bits per heavy atom. The second-order valence-electron chi connectivity index (χ2n) is 3.78. The van der Waals surface area contributed by atoms with Gasteiger partial charge in [-0.05, 0) is 45.5 Å². The fourth-order valence-corrected chi connectivity index (χ4v) is 1.46. The molecule has 0 saturated heterocycles. The summed E-state index contributed by atoms with van der Waals surface area (Å²) in [5.41, 5.74) is 1.26. The van der Waals surface area contributed by atoms with Crippen LogP contribution in [-0.2, 0) is 6.54 Å². The molecule has 0 radical (unpaired) electrons. The van der Waals surface area contributed by atoms with Crippen molar-refractivity contribution in [2.45, 2.75) is 33.2 Å². The lowest BCUT2D eigenvalue weighted by Gasteiger charge is -2.04. The van der Waals surface area contributed by atoms with Crippen LogP contribution in [0.3, 0.4) is 0 Å². The third-order valence-corrected chi connectivity index (χ3v) is 2.42. The van der Waals surface area contributed by atoms with Crippen molar-refractivity contribution in [3.63, 3.8) is 0 Å². The van der Waals surface area contributed by atoms with Crippen LogP contribution in [0.15, 0.2) is 16.7 Å². The van der Waals surface area contributed by atoms with Crippen molar-refractivity contribution in [1.82, 2.24) is 10.6 Å². The van der Waals surface area contributed by atoms with Crippen molar-refractivity contribution in [1.29, 1.82) is 0 Å². The van der Waals surface area contributed by atoms with Gasteiger partial charge < -0.3 is 15.1 Å². The Bertz CT molecular complexity index is 258. The molecule has 0 atom stereocenters. The predicted molar refractivity (Wildman–Crippen MR) is 62.9 cm³/mol. The molecule has 0 aromatic carbocycles. The van der Waals surface area contributed by atoms with Crippen LogP contribution in [0.1, 0.15) is 31.1 Å². The van der Waals surface area contributed by atoms with Gasteiger partial charge in [0.15, 0.2) is 0 Å². The average molecular weight is 210 g/mol. The van der Waals surface area contributed by atoms with Crippen LogP contribution in [0.4, 0.5) is 0 Å². The van der Waals surface area contributed by atoms with Gasteiger partial charge in [0.2, 0.25) is 0 Å². The minimum absolute atomic E-state index is 0.913. The highest BCUT2D eigenvalue weighted by Gasteiger charge is 1.99. The van der Waals surface area contributed by atoms with Crippen LogP contribution in [0.2, 0.25) is 0 Å². The van der Waals surface area contributed by atoms with E-state index in [1.165, 1.54) is 18.4 Å². The molecular formula is C12H22N2O. The van der Waals surface area contributed by atoms with Crippen LogP contribution in [0.25, 0.3) is 0 Å². The first kappa shape index (κ1) is 12.3. The molecule has 86 valence electrons. The first-order valence-electron chi connectivity index (χ1n) is 5.79. The lowest BCUT2D eigenvalue weighted by Crippen LogP contribution is -2.22. The highest BCUT2D eigenvalue weighted by atomic mass is 16.3. The predicted octanol–water partition coefficient (Wildman–Crippen LogP) is 2.07. The highest BCUT2D eigenvalue weighted by molar-refractivity contribution is 5.14. The largest absolute Gasteiger partial charge is 0.469 e. The number of hydrogen-bond acceptors (Lipinski definition) is 3. The Morgan fingerprint density at radius 3 is 2.67 bits per heavy atom. The quantitative estimate of drug-likeness (QED) is 0.645. The molecular weight excluding hydrogens is 188 g/mol. The molecule has 0 fully saturated rings. The number of rotatable bonds is 8. The smallest absolute Gasteiger partial charge is 0.105 e. The van der Waals surface area contributed by atoms with Gasteiger partial charge in [0.05, 0.1) is 6.26 Å². The van der Waals surface area contributed by atoms with E-state index in [4.69, 9.17) is 4.42 Å². The zero-order valence-electron chi connectivity index (χ0n) is 9.81. The first-order chi connectivity index (χ1) is 7.34. The molecule has 1 aromatic heterocycles.